The first kappa shape index (κ1) is 12.0. The first-order chi connectivity index (χ1) is 8.63. The molecule has 0 bridgehead atoms. The van der Waals surface area contributed by atoms with Gasteiger partial charge in [-0.1, -0.05) is 0 Å². The van der Waals surface area contributed by atoms with Crippen LogP contribution in [0.1, 0.15) is 11.4 Å². The largest absolute Gasteiger partial charge is 0.323 e. The normalized spacial score (nSPS) is 9.89. The van der Waals surface area contributed by atoms with E-state index in [9.17, 15) is 4.79 Å². The molecule has 0 aliphatic heterocycles. The number of urea groups is 1. The highest BCUT2D eigenvalue weighted by atomic mass is 16.2. The molecule has 2 heterocycles. The van der Waals surface area contributed by atoms with E-state index in [-0.39, 0.29) is 6.03 Å². The lowest BCUT2D eigenvalue weighted by molar-refractivity contribution is 0.262. The van der Waals surface area contributed by atoms with Gasteiger partial charge in [0.2, 0.25) is 0 Å². The maximum atomic E-state index is 11.7. The highest BCUT2D eigenvalue weighted by Crippen LogP contribution is 2.08. The van der Waals surface area contributed by atoms with Crippen molar-refractivity contribution in [2.75, 3.05) is 10.6 Å². The number of nitrogens with zero attached hydrogens (tertiary/aromatic N) is 2. The van der Waals surface area contributed by atoms with Gasteiger partial charge in [0.15, 0.2) is 0 Å². The molecule has 0 saturated carbocycles. The van der Waals surface area contributed by atoms with Crippen LogP contribution in [0.2, 0.25) is 0 Å². The van der Waals surface area contributed by atoms with Crippen molar-refractivity contribution < 1.29 is 4.79 Å². The zero-order valence-electron chi connectivity index (χ0n) is 10.3. The van der Waals surface area contributed by atoms with E-state index in [2.05, 4.69) is 20.6 Å². The summed E-state index contributed by atoms with van der Waals surface area (Å²) in [6.07, 6.45) is 3.23. The Hall–Kier alpha value is -2.43. The van der Waals surface area contributed by atoms with E-state index in [0.717, 1.165) is 11.4 Å². The minimum atomic E-state index is -0.314. The van der Waals surface area contributed by atoms with Gasteiger partial charge in [-0.2, -0.15) is 0 Å². The van der Waals surface area contributed by atoms with Gasteiger partial charge < -0.3 is 10.6 Å². The van der Waals surface area contributed by atoms with Gasteiger partial charge in [-0.15, -0.1) is 0 Å². The van der Waals surface area contributed by atoms with Crippen LogP contribution >= 0.6 is 0 Å². The molecular formula is C13H14N4O. The molecule has 0 fully saturated rings. The van der Waals surface area contributed by atoms with Crippen molar-refractivity contribution in [1.82, 2.24) is 9.97 Å². The smallest absolute Gasteiger partial charge is 0.306 e. The van der Waals surface area contributed by atoms with Crippen LogP contribution in [0.5, 0.6) is 0 Å². The maximum absolute atomic E-state index is 11.7. The molecule has 0 aromatic carbocycles. The van der Waals surface area contributed by atoms with E-state index in [4.69, 9.17) is 0 Å². The zero-order chi connectivity index (χ0) is 13.0. The van der Waals surface area contributed by atoms with Crippen LogP contribution in [0.3, 0.4) is 0 Å². The third-order valence-corrected chi connectivity index (χ3v) is 2.34. The maximum Gasteiger partial charge on any atom is 0.323 e. The Kier molecular flexibility index (Phi) is 3.52. The summed E-state index contributed by atoms with van der Waals surface area (Å²) in [5, 5.41) is 5.38. The number of carbonyl (C=O) groups is 1. The Labute approximate surface area is 105 Å². The topological polar surface area (TPSA) is 66.9 Å². The fraction of sp³-hybridized carbons (Fsp3) is 0.154. The van der Waals surface area contributed by atoms with Crippen LogP contribution < -0.4 is 10.6 Å². The van der Waals surface area contributed by atoms with Crippen LogP contribution in [-0.4, -0.2) is 16.0 Å². The lowest BCUT2D eigenvalue weighted by Crippen LogP contribution is -2.19. The first-order valence-corrected chi connectivity index (χ1v) is 5.57. The number of aromatic nitrogens is 2. The Morgan fingerprint density at radius 3 is 1.67 bits per heavy atom. The molecule has 0 aliphatic rings. The minimum Gasteiger partial charge on any atom is -0.306 e. The third kappa shape index (κ3) is 3.28. The van der Waals surface area contributed by atoms with Gasteiger partial charge in [0.1, 0.15) is 0 Å². The molecule has 2 aromatic rings. The standard InChI is InChI=1S/C13H14N4O/c1-9-3-5-11(7-14-9)16-13(18)17-12-6-4-10(2)15-8-12/h3-8H,1-2H3,(H2,16,17,18). The number of nitrogens with one attached hydrogen (secondary N) is 2. The Morgan fingerprint density at radius 1 is 0.889 bits per heavy atom. The fourth-order valence-electron chi connectivity index (χ4n) is 1.38. The Bertz CT molecular complexity index is 484. The van der Waals surface area contributed by atoms with E-state index in [1.807, 2.05) is 26.0 Å². The molecule has 0 spiro atoms. The van der Waals surface area contributed by atoms with E-state index in [1.165, 1.54) is 0 Å². The average Bonchev–Trinajstić information content (AvgIpc) is 2.35. The zero-order valence-corrected chi connectivity index (χ0v) is 10.3. The highest BCUT2D eigenvalue weighted by Gasteiger charge is 2.02. The van der Waals surface area contributed by atoms with Gasteiger partial charge in [0.25, 0.3) is 0 Å². The first-order valence-electron chi connectivity index (χ1n) is 5.57. The fourth-order valence-corrected chi connectivity index (χ4v) is 1.38. The minimum absolute atomic E-state index is 0.314. The second kappa shape index (κ2) is 5.27. The molecule has 0 saturated heterocycles. The second-order valence-electron chi connectivity index (χ2n) is 3.96. The van der Waals surface area contributed by atoms with Crippen LogP contribution in [0.4, 0.5) is 16.2 Å². The van der Waals surface area contributed by atoms with Crippen molar-refractivity contribution in [3.63, 3.8) is 0 Å². The second-order valence-corrected chi connectivity index (χ2v) is 3.96. The molecule has 18 heavy (non-hydrogen) atoms. The van der Waals surface area contributed by atoms with E-state index in [1.54, 1.807) is 24.5 Å². The monoisotopic (exact) mass is 242 g/mol. The number of hydrogen-bond acceptors (Lipinski definition) is 3. The molecular weight excluding hydrogens is 228 g/mol. The number of amides is 2. The molecule has 5 nitrogen and oxygen atoms in total. The molecule has 0 aliphatic carbocycles. The van der Waals surface area contributed by atoms with Crippen molar-refractivity contribution in [1.29, 1.82) is 0 Å². The van der Waals surface area contributed by atoms with Crippen molar-refractivity contribution in [2.24, 2.45) is 0 Å². The quantitative estimate of drug-likeness (QED) is 0.850. The molecule has 0 atom stereocenters. The van der Waals surface area contributed by atoms with Gasteiger partial charge in [-0.3, -0.25) is 9.97 Å². The van der Waals surface area contributed by atoms with Gasteiger partial charge >= 0.3 is 6.03 Å². The van der Waals surface area contributed by atoms with Crippen molar-refractivity contribution in [3.8, 4) is 0 Å². The molecule has 92 valence electrons. The molecule has 2 aromatic heterocycles. The third-order valence-electron chi connectivity index (χ3n) is 2.34. The number of rotatable bonds is 2. The van der Waals surface area contributed by atoms with Crippen molar-refractivity contribution in [3.05, 3.63) is 48.0 Å². The summed E-state index contributed by atoms with van der Waals surface area (Å²) in [5.41, 5.74) is 3.11. The molecule has 0 radical (unpaired) electrons. The van der Waals surface area contributed by atoms with Gasteiger partial charge in [0, 0.05) is 11.4 Å². The van der Waals surface area contributed by atoms with E-state index < -0.39 is 0 Å². The summed E-state index contributed by atoms with van der Waals surface area (Å²) >= 11 is 0. The summed E-state index contributed by atoms with van der Waals surface area (Å²) in [6, 6.07) is 6.96. The lowest BCUT2D eigenvalue weighted by Gasteiger charge is -2.07. The number of pyridine rings is 2. The van der Waals surface area contributed by atoms with Crippen LogP contribution in [0.25, 0.3) is 0 Å². The molecule has 2 rings (SSSR count). The highest BCUT2D eigenvalue weighted by molar-refractivity contribution is 5.99. The van der Waals surface area contributed by atoms with Crippen LogP contribution in [0.15, 0.2) is 36.7 Å². The number of anilines is 2. The number of hydrogen-bond donors (Lipinski definition) is 2. The average molecular weight is 242 g/mol. The van der Waals surface area contributed by atoms with Gasteiger partial charge in [-0.25, -0.2) is 4.79 Å². The molecule has 2 amide bonds. The van der Waals surface area contributed by atoms with E-state index in [0.29, 0.717) is 11.4 Å². The summed E-state index contributed by atoms with van der Waals surface area (Å²) < 4.78 is 0. The Morgan fingerprint density at radius 2 is 1.33 bits per heavy atom. The Balaban J connectivity index is 1.96. The number of aryl methyl sites for hydroxylation is 2. The van der Waals surface area contributed by atoms with Crippen LogP contribution in [-0.2, 0) is 0 Å². The number of carbonyl (C=O) groups excluding carboxylic acids is 1. The van der Waals surface area contributed by atoms with Gasteiger partial charge in [0.05, 0.1) is 23.8 Å². The van der Waals surface area contributed by atoms with E-state index >= 15 is 0 Å². The van der Waals surface area contributed by atoms with Crippen molar-refractivity contribution >= 4 is 17.4 Å². The molecule has 2 N–H and O–H groups in total. The molecule has 5 heteroatoms. The summed E-state index contributed by atoms with van der Waals surface area (Å²) in [6.45, 7) is 3.78. The lowest BCUT2D eigenvalue weighted by atomic mass is 10.3. The van der Waals surface area contributed by atoms with Crippen LogP contribution in [0, 0.1) is 13.8 Å². The summed E-state index contributed by atoms with van der Waals surface area (Å²) in [4.78, 5) is 19.9. The predicted octanol–water partition coefficient (Wildman–Crippen LogP) is 2.74. The van der Waals surface area contributed by atoms with Crippen molar-refractivity contribution in [2.45, 2.75) is 13.8 Å². The summed E-state index contributed by atoms with van der Waals surface area (Å²) in [5.74, 6) is 0. The van der Waals surface area contributed by atoms with Gasteiger partial charge in [-0.05, 0) is 38.1 Å². The molecule has 0 unspecified atom stereocenters. The SMILES string of the molecule is Cc1ccc(NC(=O)Nc2ccc(C)nc2)cn1. The predicted molar refractivity (Wildman–Crippen MR) is 70.6 cm³/mol. The summed E-state index contributed by atoms with van der Waals surface area (Å²) in [7, 11) is 0.